The number of anilines is 1. The summed E-state index contributed by atoms with van der Waals surface area (Å²) in [5, 5.41) is 8.65. The number of hydrogen-bond donors (Lipinski definition) is 1. The van der Waals surface area contributed by atoms with E-state index in [1.54, 1.807) is 23.1 Å². The lowest BCUT2D eigenvalue weighted by molar-refractivity contribution is -0.135. The molecule has 0 aliphatic carbocycles. The van der Waals surface area contributed by atoms with Gasteiger partial charge in [0.1, 0.15) is 6.54 Å². The van der Waals surface area contributed by atoms with E-state index in [0.717, 1.165) is 10.6 Å². The van der Waals surface area contributed by atoms with E-state index in [4.69, 9.17) is 5.11 Å². The van der Waals surface area contributed by atoms with Gasteiger partial charge >= 0.3 is 5.97 Å². The van der Waals surface area contributed by atoms with Gasteiger partial charge < -0.3 is 10.0 Å². The third-order valence-electron chi connectivity index (χ3n) is 2.05. The summed E-state index contributed by atoms with van der Waals surface area (Å²) in [7, 11) is -1.08. The fourth-order valence-corrected chi connectivity index (χ4v) is 2.80. The number of aliphatic carboxylic acids is 1. The second kappa shape index (κ2) is 3.42. The largest absolute Gasteiger partial charge is 0.480 e. The Hall–Kier alpha value is -1.36. The van der Waals surface area contributed by atoms with Crippen molar-refractivity contribution in [3.05, 3.63) is 24.3 Å². The van der Waals surface area contributed by atoms with E-state index in [-0.39, 0.29) is 12.4 Å². The number of carboxylic acids is 1. The minimum atomic E-state index is -1.08. The molecule has 0 aromatic heterocycles. The fraction of sp³-hybridized carbons (Fsp3) is 0.222. The normalized spacial score (nSPS) is 19.4. The fourth-order valence-electron chi connectivity index (χ4n) is 1.49. The smallest absolute Gasteiger partial charge is 0.323 e. The summed E-state index contributed by atoms with van der Waals surface area (Å²) in [6.45, 7) is -0.0945. The van der Waals surface area contributed by atoms with Gasteiger partial charge in [-0.25, -0.2) is 0 Å². The van der Waals surface area contributed by atoms with E-state index in [0.29, 0.717) is 0 Å². The maximum atomic E-state index is 11.5. The summed E-state index contributed by atoms with van der Waals surface area (Å²) in [6, 6.07) is 7.19. The third-order valence-corrected chi connectivity index (χ3v) is 3.43. The molecule has 0 radical (unpaired) electrons. The number of nitrogens with zero attached hydrogens (tertiary/aromatic N) is 1. The maximum Gasteiger partial charge on any atom is 0.323 e. The SMILES string of the molecule is O=C(O)CN1CS(=O)c2ccccc21. The molecule has 0 amide bonds. The van der Waals surface area contributed by atoms with Gasteiger partial charge in [0, 0.05) is 0 Å². The van der Waals surface area contributed by atoms with Crippen LogP contribution in [-0.2, 0) is 15.6 Å². The van der Waals surface area contributed by atoms with Crippen LogP contribution in [0.25, 0.3) is 0 Å². The van der Waals surface area contributed by atoms with Crippen molar-refractivity contribution in [2.75, 3.05) is 17.3 Å². The number of para-hydroxylation sites is 1. The molecule has 1 aliphatic rings. The van der Waals surface area contributed by atoms with Crippen molar-refractivity contribution in [1.82, 2.24) is 0 Å². The molecule has 14 heavy (non-hydrogen) atoms. The highest BCUT2D eigenvalue weighted by atomic mass is 32.2. The molecule has 1 unspecified atom stereocenters. The molecule has 1 aromatic carbocycles. The van der Waals surface area contributed by atoms with E-state index >= 15 is 0 Å². The average Bonchev–Trinajstić information content (AvgIpc) is 2.44. The van der Waals surface area contributed by atoms with Crippen molar-refractivity contribution in [2.45, 2.75) is 4.90 Å². The van der Waals surface area contributed by atoms with Crippen LogP contribution in [0, 0.1) is 0 Å². The van der Waals surface area contributed by atoms with E-state index < -0.39 is 16.8 Å². The molecule has 2 rings (SSSR count). The van der Waals surface area contributed by atoms with Crippen LogP contribution in [-0.4, -0.2) is 27.7 Å². The molecule has 1 aromatic rings. The molecule has 4 nitrogen and oxygen atoms in total. The van der Waals surface area contributed by atoms with Crippen molar-refractivity contribution in [2.24, 2.45) is 0 Å². The Kier molecular flexibility index (Phi) is 2.25. The predicted molar refractivity (Wildman–Crippen MR) is 52.7 cm³/mol. The third kappa shape index (κ3) is 1.50. The summed E-state index contributed by atoms with van der Waals surface area (Å²) >= 11 is 0. The van der Waals surface area contributed by atoms with E-state index in [2.05, 4.69) is 0 Å². The zero-order valence-electron chi connectivity index (χ0n) is 7.34. The molecule has 1 N–H and O–H groups in total. The van der Waals surface area contributed by atoms with Crippen LogP contribution in [0.4, 0.5) is 5.69 Å². The summed E-state index contributed by atoms with van der Waals surface area (Å²) in [5.74, 6) is -0.621. The monoisotopic (exact) mass is 211 g/mol. The van der Waals surface area contributed by atoms with Gasteiger partial charge in [0.25, 0.3) is 0 Å². The standard InChI is InChI=1S/C9H9NO3S/c11-9(12)5-10-6-14(13)8-4-2-1-3-7(8)10/h1-4H,5-6H2,(H,11,12). The molecule has 0 saturated carbocycles. The first-order chi connectivity index (χ1) is 6.68. The Morgan fingerprint density at radius 2 is 2.21 bits per heavy atom. The van der Waals surface area contributed by atoms with Gasteiger partial charge in [-0.1, -0.05) is 12.1 Å². The number of carbonyl (C=O) groups is 1. The Morgan fingerprint density at radius 3 is 2.93 bits per heavy atom. The van der Waals surface area contributed by atoms with Crippen LogP contribution < -0.4 is 4.90 Å². The van der Waals surface area contributed by atoms with Crippen molar-refractivity contribution < 1.29 is 14.1 Å². The zero-order valence-corrected chi connectivity index (χ0v) is 8.16. The molecular formula is C9H9NO3S. The Balaban J connectivity index is 2.34. The predicted octanol–water partition coefficient (Wildman–Crippen LogP) is 0.656. The Morgan fingerprint density at radius 1 is 1.50 bits per heavy atom. The number of benzene rings is 1. The average molecular weight is 211 g/mol. The van der Waals surface area contributed by atoms with Crippen LogP contribution in [0.15, 0.2) is 29.2 Å². The van der Waals surface area contributed by atoms with Gasteiger partial charge in [-0.3, -0.25) is 9.00 Å². The quantitative estimate of drug-likeness (QED) is 0.780. The Labute approximate surface area is 83.6 Å². The van der Waals surface area contributed by atoms with Crippen LogP contribution in [0.5, 0.6) is 0 Å². The van der Waals surface area contributed by atoms with Crippen LogP contribution in [0.2, 0.25) is 0 Å². The molecular weight excluding hydrogens is 202 g/mol. The lowest BCUT2D eigenvalue weighted by Crippen LogP contribution is -2.27. The number of hydrogen-bond acceptors (Lipinski definition) is 3. The molecule has 5 heteroatoms. The minimum Gasteiger partial charge on any atom is -0.480 e. The topological polar surface area (TPSA) is 57.6 Å². The first-order valence-electron chi connectivity index (χ1n) is 4.12. The van der Waals surface area contributed by atoms with Crippen LogP contribution >= 0.6 is 0 Å². The van der Waals surface area contributed by atoms with Gasteiger partial charge in [-0.2, -0.15) is 0 Å². The van der Waals surface area contributed by atoms with Crippen LogP contribution in [0.3, 0.4) is 0 Å². The summed E-state index contributed by atoms with van der Waals surface area (Å²) in [4.78, 5) is 12.9. The summed E-state index contributed by atoms with van der Waals surface area (Å²) in [6.07, 6.45) is 0. The first kappa shape index (κ1) is 9.21. The van der Waals surface area contributed by atoms with Crippen LogP contribution in [0.1, 0.15) is 0 Å². The first-order valence-corrected chi connectivity index (χ1v) is 5.44. The second-order valence-electron chi connectivity index (χ2n) is 3.03. The highest BCUT2D eigenvalue weighted by Gasteiger charge is 2.25. The lowest BCUT2D eigenvalue weighted by atomic mass is 10.3. The van der Waals surface area contributed by atoms with Crippen molar-refractivity contribution in [3.8, 4) is 0 Å². The van der Waals surface area contributed by atoms with Gasteiger partial charge in [0.05, 0.1) is 27.3 Å². The van der Waals surface area contributed by atoms with Gasteiger partial charge in [-0.05, 0) is 12.1 Å². The van der Waals surface area contributed by atoms with Gasteiger partial charge in [0.15, 0.2) is 0 Å². The molecule has 74 valence electrons. The molecule has 0 bridgehead atoms. The minimum absolute atomic E-state index is 0.0945. The maximum absolute atomic E-state index is 11.5. The highest BCUT2D eigenvalue weighted by molar-refractivity contribution is 7.85. The van der Waals surface area contributed by atoms with Crippen molar-refractivity contribution in [1.29, 1.82) is 0 Å². The van der Waals surface area contributed by atoms with Crippen molar-refractivity contribution >= 4 is 22.5 Å². The molecule has 0 saturated heterocycles. The van der Waals surface area contributed by atoms with E-state index in [9.17, 15) is 9.00 Å². The second-order valence-corrected chi connectivity index (χ2v) is 4.42. The lowest BCUT2D eigenvalue weighted by Gasteiger charge is -2.14. The summed E-state index contributed by atoms with van der Waals surface area (Å²) < 4.78 is 11.5. The van der Waals surface area contributed by atoms with Crippen molar-refractivity contribution in [3.63, 3.8) is 0 Å². The van der Waals surface area contributed by atoms with E-state index in [1.807, 2.05) is 6.07 Å². The molecule has 1 aliphatic heterocycles. The number of fused-ring (bicyclic) bond motifs is 1. The summed E-state index contributed by atoms with van der Waals surface area (Å²) in [5.41, 5.74) is 0.772. The van der Waals surface area contributed by atoms with E-state index in [1.165, 1.54) is 0 Å². The molecule has 1 heterocycles. The van der Waals surface area contributed by atoms with Gasteiger partial charge in [-0.15, -0.1) is 0 Å². The zero-order chi connectivity index (χ0) is 10.1. The molecule has 0 fully saturated rings. The van der Waals surface area contributed by atoms with Gasteiger partial charge in [0.2, 0.25) is 0 Å². The number of carboxylic acid groups (broad SMARTS) is 1. The molecule has 0 spiro atoms. The highest BCUT2D eigenvalue weighted by Crippen LogP contribution is 2.30. The molecule has 1 atom stereocenters. The Bertz CT molecular complexity index is 403. The number of rotatable bonds is 2.